The van der Waals surface area contributed by atoms with E-state index in [4.69, 9.17) is 5.73 Å². The number of nitrogens with zero attached hydrogens (tertiary/aromatic N) is 2. The summed E-state index contributed by atoms with van der Waals surface area (Å²) >= 11 is 0. The summed E-state index contributed by atoms with van der Waals surface area (Å²) in [5.41, 5.74) is 9.11. The van der Waals surface area contributed by atoms with E-state index in [9.17, 15) is 5.11 Å². The third kappa shape index (κ3) is 2.02. The largest absolute Gasteiger partial charge is 0.392 e. The molecular weight excluding hydrogens is 238 g/mol. The van der Waals surface area contributed by atoms with Crippen molar-refractivity contribution in [2.24, 2.45) is 0 Å². The summed E-state index contributed by atoms with van der Waals surface area (Å²) in [7, 11) is 0. The second-order valence-corrected chi connectivity index (χ2v) is 4.28. The first kappa shape index (κ1) is 11.6. The Hall–Kier alpha value is -2.46. The van der Waals surface area contributed by atoms with E-state index in [2.05, 4.69) is 9.97 Å². The molecule has 19 heavy (non-hydrogen) atoms. The quantitative estimate of drug-likeness (QED) is 0.733. The molecule has 0 aliphatic heterocycles. The Balaban J connectivity index is 2.35. The fourth-order valence-electron chi connectivity index (χ4n) is 2.20. The van der Waals surface area contributed by atoms with Crippen LogP contribution in [0.3, 0.4) is 0 Å². The lowest BCUT2D eigenvalue weighted by Crippen LogP contribution is -1.97. The van der Waals surface area contributed by atoms with Gasteiger partial charge in [0.2, 0.25) is 0 Å². The monoisotopic (exact) mass is 251 g/mol. The minimum absolute atomic E-state index is 0.0606. The van der Waals surface area contributed by atoms with Crippen molar-refractivity contribution in [2.45, 2.75) is 6.61 Å². The molecule has 0 unspecified atom stereocenters. The van der Waals surface area contributed by atoms with Crippen LogP contribution in [0.15, 0.2) is 48.7 Å². The van der Waals surface area contributed by atoms with Crippen molar-refractivity contribution < 1.29 is 5.11 Å². The lowest BCUT2D eigenvalue weighted by molar-refractivity contribution is 0.283. The molecule has 0 aliphatic carbocycles. The molecule has 3 rings (SSSR count). The smallest absolute Gasteiger partial charge is 0.124 e. The van der Waals surface area contributed by atoms with Crippen LogP contribution in [0, 0.1) is 0 Å². The maximum absolute atomic E-state index is 9.42. The molecule has 2 aromatic heterocycles. The molecule has 0 fully saturated rings. The lowest BCUT2D eigenvalue weighted by atomic mass is 10.0. The van der Waals surface area contributed by atoms with E-state index < -0.39 is 0 Å². The highest BCUT2D eigenvalue weighted by Crippen LogP contribution is 2.28. The van der Waals surface area contributed by atoms with Crippen molar-refractivity contribution in [3.8, 4) is 11.3 Å². The molecule has 1 aromatic carbocycles. The number of hydrogen-bond donors (Lipinski definition) is 2. The molecule has 4 nitrogen and oxygen atoms in total. The standard InChI is InChI=1S/C15H13N3O/c16-14-8-10(9-19)11-4-3-5-12(15(11)18-14)13-6-1-2-7-17-13/h1-8,19H,9H2,(H2,16,18). The molecule has 4 heteroatoms. The number of aliphatic hydroxyl groups is 1. The number of pyridine rings is 2. The van der Waals surface area contributed by atoms with Crippen LogP contribution in [0.25, 0.3) is 22.2 Å². The van der Waals surface area contributed by atoms with Gasteiger partial charge in [-0.25, -0.2) is 4.98 Å². The Bertz CT molecular complexity index is 726. The molecule has 0 atom stereocenters. The van der Waals surface area contributed by atoms with E-state index in [1.165, 1.54) is 0 Å². The lowest BCUT2D eigenvalue weighted by Gasteiger charge is -2.09. The van der Waals surface area contributed by atoms with Crippen LogP contribution in [0.5, 0.6) is 0 Å². The molecule has 0 radical (unpaired) electrons. The summed E-state index contributed by atoms with van der Waals surface area (Å²) in [6.45, 7) is -0.0606. The van der Waals surface area contributed by atoms with Gasteiger partial charge in [-0.05, 0) is 23.8 Å². The number of fused-ring (bicyclic) bond motifs is 1. The van der Waals surface area contributed by atoms with Crippen LogP contribution in [-0.4, -0.2) is 15.1 Å². The minimum atomic E-state index is -0.0606. The maximum Gasteiger partial charge on any atom is 0.124 e. The van der Waals surface area contributed by atoms with Crippen LogP contribution in [0.4, 0.5) is 5.82 Å². The van der Waals surface area contributed by atoms with Crippen LogP contribution in [0.2, 0.25) is 0 Å². The van der Waals surface area contributed by atoms with Crippen molar-refractivity contribution in [3.05, 3.63) is 54.2 Å². The molecule has 0 bridgehead atoms. The van der Waals surface area contributed by atoms with Crippen molar-refractivity contribution in [2.75, 3.05) is 5.73 Å². The van der Waals surface area contributed by atoms with Gasteiger partial charge in [0.05, 0.1) is 17.8 Å². The summed E-state index contributed by atoms with van der Waals surface area (Å²) in [6.07, 6.45) is 1.74. The van der Waals surface area contributed by atoms with Gasteiger partial charge in [0.1, 0.15) is 5.82 Å². The number of benzene rings is 1. The fourth-order valence-corrected chi connectivity index (χ4v) is 2.20. The summed E-state index contributed by atoms with van der Waals surface area (Å²) in [5.74, 6) is 0.403. The van der Waals surface area contributed by atoms with Crippen molar-refractivity contribution in [1.29, 1.82) is 0 Å². The van der Waals surface area contributed by atoms with E-state index in [-0.39, 0.29) is 6.61 Å². The molecular formula is C15H13N3O. The second-order valence-electron chi connectivity index (χ2n) is 4.28. The first-order valence-corrected chi connectivity index (χ1v) is 6.00. The molecule has 0 saturated heterocycles. The third-order valence-electron chi connectivity index (χ3n) is 3.06. The molecule has 0 aliphatic rings. The zero-order chi connectivity index (χ0) is 13.2. The van der Waals surface area contributed by atoms with E-state index in [0.29, 0.717) is 5.82 Å². The molecule has 0 spiro atoms. The second kappa shape index (κ2) is 4.66. The Morgan fingerprint density at radius 1 is 1.11 bits per heavy atom. The number of aliphatic hydroxyl groups excluding tert-OH is 1. The van der Waals surface area contributed by atoms with Gasteiger partial charge < -0.3 is 10.8 Å². The van der Waals surface area contributed by atoms with Gasteiger partial charge in [0, 0.05) is 17.1 Å². The van der Waals surface area contributed by atoms with Crippen molar-refractivity contribution >= 4 is 16.7 Å². The Kier molecular flexibility index (Phi) is 2.85. The number of aromatic nitrogens is 2. The maximum atomic E-state index is 9.42. The average Bonchev–Trinajstić information content (AvgIpc) is 2.46. The number of anilines is 1. The topological polar surface area (TPSA) is 72.0 Å². The minimum Gasteiger partial charge on any atom is -0.392 e. The number of rotatable bonds is 2. The van der Waals surface area contributed by atoms with E-state index in [0.717, 1.165) is 27.7 Å². The van der Waals surface area contributed by atoms with Gasteiger partial charge in [-0.2, -0.15) is 0 Å². The van der Waals surface area contributed by atoms with Gasteiger partial charge in [0.15, 0.2) is 0 Å². The van der Waals surface area contributed by atoms with Gasteiger partial charge >= 0.3 is 0 Å². The molecule has 0 saturated carbocycles. The zero-order valence-electron chi connectivity index (χ0n) is 10.2. The summed E-state index contributed by atoms with van der Waals surface area (Å²) in [6, 6.07) is 13.3. The Morgan fingerprint density at radius 2 is 2.00 bits per heavy atom. The summed E-state index contributed by atoms with van der Waals surface area (Å²) in [4.78, 5) is 8.73. The van der Waals surface area contributed by atoms with Crippen molar-refractivity contribution in [3.63, 3.8) is 0 Å². The summed E-state index contributed by atoms with van der Waals surface area (Å²) < 4.78 is 0. The van der Waals surface area contributed by atoms with Crippen molar-refractivity contribution in [1.82, 2.24) is 9.97 Å². The van der Waals surface area contributed by atoms with Crippen LogP contribution in [-0.2, 0) is 6.61 Å². The fraction of sp³-hybridized carbons (Fsp3) is 0.0667. The number of nitrogen functional groups attached to an aromatic ring is 1. The van der Waals surface area contributed by atoms with Gasteiger partial charge in [-0.1, -0.05) is 24.3 Å². The molecule has 94 valence electrons. The Labute approximate surface area is 110 Å². The van der Waals surface area contributed by atoms with E-state index >= 15 is 0 Å². The third-order valence-corrected chi connectivity index (χ3v) is 3.06. The normalized spacial score (nSPS) is 10.8. The first-order chi connectivity index (χ1) is 9.29. The first-order valence-electron chi connectivity index (χ1n) is 6.00. The zero-order valence-corrected chi connectivity index (χ0v) is 10.2. The summed E-state index contributed by atoms with van der Waals surface area (Å²) in [5, 5.41) is 10.3. The van der Waals surface area contributed by atoms with Crippen LogP contribution >= 0.6 is 0 Å². The number of hydrogen-bond acceptors (Lipinski definition) is 4. The number of nitrogens with two attached hydrogens (primary N) is 1. The molecule has 2 heterocycles. The molecule has 3 N–H and O–H groups in total. The number of para-hydroxylation sites is 1. The van der Waals surface area contributed by atoms with Gasteiger partial charge in [-0.3, -0.25) is 4.98 Å². The van der Waals surface area contributed by atoms with Crippen LogP contribution < -0.4 is 5.73 Å². The molecule has 3 aromatic rings. The highest BCUT2D eigenvalue weighted by Gasteiger charge is 2.09. The van der Waals surface area contributed by atoms with E-state index in [1.54, 1.807) is 12.3 Å². The van der Waals surface area contributed by atoms with Gasteiger partial charge in [-0.15, -0.1) is 0 Å². The highest BCUT2D eigenvalue weighted by molar-refractivity contribution is 5.95. The highest BCUT2D eigenvalue weighted by atomic mass is 16.3. The SMILES string of the molecule is Nc1cc(CO)c2cccc(-c3ccccn3)c2n1. The Morgan fingerprint density at radius 3 is 2.74 bits per heavy atom. The van der Waals surface area contributed by atoms with Gasteiger partial charge in [0.25, 0.3) is 0 Å². The van der Waals surface area contributed by atoms with Crippen LogP contribution in [0.1, 0.15) is 5.56 Å². The predicted molar refractivity (Wildman–Crippen MR) is 75.3 cm³/mol. The van der Waals surface area contributed by atoms with E-state index in [1.807, 2.05) is 36.4 Å². The molecule has 0 amide bonds. The average molecular weight is 251 g/mol. The predicted octanol–water partition coefficient (Wildman–Crippen LogP) is 2.37.